The predicted octanol–water partition coefficient (Wildman–Crippen LogP) is 5.29. The fourth-order valence-electron chi connectivity index (χ4n) is 2.42. The van der Waals surface area contributed by atoms with Crippen LogP contribution >= 0.6 is 11.6 Å². The highest BCUT2D eigenvalue weighted by molar-refractivity contribution is 6.32. The van der Waals surface area contributed by atoms with E-state index < -0.39 is 0 Å². The maximum atomic E-state index is 6.06. The van der Waals surface area contributed by atoms with E-state index in [1.807, 2.05) is 78.9 Å². The normalized spacial score (nSPS) is 10.3. The van der Waals surface area contributed by atoms with Gasteiger partial charge in [-0.2, -0.15) is 0 Å². The van der Waals surface area contributed by atoms with E-state index >= 15 is 0 Å². The monoisotopic (exact) mass is 383 g/mol. The molecule has 0 fully saturated rings. The summed E-state index contributed by atoms with van der Waals surface area (Å²) in [6.45, 7) is 2.20. The molecule has 0 radical (unpaired) electrons. The SMILES string of the molecule is Clc1ccccc1OCCNc1ccc(OCCOc2ccccc2)cc1. The van der Waals surface area contributed by atoms with Gasteiger partial charge in [0.05, 0.1) is 5.02 Å². The number of hydrogen-bond acceptors (Lipinski definition) is 4. The molecule has 0 aliphatic carbocycles. The Balaban J connectivity index is 1.33. The molecule has 0 saturated carbocycles. The van der Waals surface area contributed by atoms with Gasteiger partial charge in [0.25, 0.3) is 0 Å². The van der Waals surface area contributed by atoms with E-state index in [4.69, 9.17) is 25.8 Å². The van der Waals surface area contributed by atoms with Gasteiger partial charge in [0.2, 0.25) is 0 Å². The third-order valence-electron chi connectivity index (χ3n) is 3.74. The van der Waals surface area contributed by atoms with Gasteiger partial charge in [-0.1, -0.05) is 41.9 Å². The number of rotatable bonds is 10. The second kappa shape index (κ2) is 10.3. The van der Waals surface area contributed by atoms with E-state index in [-0.39, 0.29) is 0 Å². The number of hydrogen-bond donors (Lipinski definition) is 1. The van der Waals surface area contributed by atoms with Crippen LogP contribution < -0.4 is 19.5 Å². The summed E-state index contributed by atoms with van der Waals surface area (Å²) in [5.74, 6) is 2.35. The molecular formula is C22H22ClNO3. The fraction of sp³-hybridized carbons (Fsp3) is 0.182. The molecule has 5 heteroatoms. The predicted molar refractivity (Wildman–Crippen MR) is 109 cm³/mol. The minimum atomic E-state index is 0.493. The van der Waals surface area contributed by atoms with E-state index in [9.17, 15) is 0 Å². The minimum absolute atomic E-state index is 0.493. The molecule has 140 valence electrons. The van der Waals surface area contributed by atoms with Crippen LogP contribution in [-0.4, -0.2) is 26.4 Å². The molecule has 4 nitrogen and oxygen atoms in total. The lowest BCUT2D eigenvalue weighted by Gasteiger charge is -2.11. The van der Waals surface area contributed by atoms with Crippen LogP contribution in [0.1, 0.15) is 0 Å². The zero-order chi connectivity index (χ0) is 18.7. The highest BCUT2D eigenvalue weighted by Gasteiger charge is 2.00. The molecule has 0 atom stereocenters. The van der Waals surface area contributed by atoms with Gasteiger partial charge in [0.1, 0.15) is 37.1 Å². The Morgan fingerprint density at radius 2 is 1.26 bits per heavy atom. The average molecular weight is 384 g/mol. The molecule has 0 unspecified atom stereocenters. The third kappa shape index (κ3) is 6.42. The van der Waals surface area contributed by atoms with Crippen LogP contribution in [0.4, 0.5) is 5.69 Å². The second-order valence-electron chi connectivity index (χ2n) is 5.74. The molecule has 0 aromatic heterocycles. The lowest BCUT2D eigenvalue weighted by Crippen LogP contribution is -2.11. The van der Waals surface area contributed by atoms with E-state index in [0.29, 0.717) is 37.1 Å². The number of anilines is 1. The van der Waals surface area contributed by atoms with Crippen LogP contribution in [0, 0.1) is 0 Å². The Kier molecular flexibility index (Phi) is 7.25. The first kappa shape index (κ1) is 18.9. The maximum Gasteiger partial charge on any atom is 0.137 e. The molecule has 0 saturated heterocycles. The molecule has 0 amide bonds. The number of para-hydroxylation sites is 2. The average Bonchev–Trinajstić information content (AvgIpc) is 2.71. The summed E-state index contributed by atoms with van der Waals surface area (Å²) in [7, 11) is 0. The first-order valence-corrected chi connectivity index (χ1v) is 9.21. The van der Waals surface area contributed by atoms with Gasteiger partial charge >= 0.3 is 0 Å². The van der Waals surface area contributed by atoms with Gasteiger partial charge in [0.15, 0.2) is 0 Å². The number of nitrogens with one attached hydrogen (secondary N) is 1. The van der Waals surface area contributed by atoms with E-state index in [0.717, 1.165) is 17.2 Å². The third-order valence-corrected chi connectivity index (χ3v) is 4.06. The topological polar surface area (TPSA) is 39.7 Å². The highest BCUT2D eigenvalue weighted by Crippen LogP contribution is 2.23. The summed E-state index contributed by atoms with van der Waals surface area (Å²) in [6, 6.07) is 25.0. The zero-order valence-electron chi connectivity index (χ0n) is 14.9. The van der Waals surface area contributed by atoms with Crippen LogP contribution in [0.15, 0.2) is 78.9 Å². The minimum Gasteiger partial charge on any atom is -0.490 e. The molecule has 3 aromatic rings. The van der Waals surface area contributed by atoms with Gasteiger partial charge in [-0.05, 0) is 48.5 Å². The van der Waals surface area contributed by atoms with Crippen LogP contribution in [0.25, 0.3) is 0 Å². The van der Waals surface area contributed by atoms with Gasteiger partial charge in [0, 0.05) is 12.2 Å². The first-order valence-electron chi connectivity index (χ1n) is 8.83. The maximum absolute atomic E-state index is 6.06. The first-order chi connectivity index (χ1) is 13.3. The van der Waals surface area contributed by atoms with E-state index in [1.54, 1.807) is 0 Å². The molecule has 3 aromatic carbocycles. The molecule has 0 heterocycles. The lowest BCUT2D eigenvalue weighted by molar-refractivity contribution is 0.217. The van der Waals surface area contributed by atoms with Crippen molar-refractivity contribution in [2.75, 3.05) is 31.7 Å². The van der Waals surface area contributed by atoms with Crippen molar-refractivity contribution < 1.29 is 14.2 Å². The molecule has 0 bridgehead atoms. The van der Waals surface area contributed by atoms with E-state index in [1.165, 1.54) is 0 Å². The molecule has 27 heavy (non-hydrogen) atoms. The van der Waals surface area contributed by atoms with Crippen molar-refractivity contribution in [3.05, 3.63) is 83.9 Å². The summed E-state index contributed by atoms with van der Waals surface area (Å²) in [5, 5.41) is 3.92. The van der Waals surface area contributed by atoms with Crippen LogP contribution in [0.3, 0.4) is 0 Å². The highest BCUT2D eigenvalue weighted by atomic mass is 35.5. The Morgan fingerprint density at radius 3 is 1.96 bits per heavy atom. The Hall–Kier alpha value is -2.85. The molecule has 0 spiro atoms. The Bertz CT molecular complexity index is 809. The summed E-state index contributed by atoms with van der Waals surface area (Å²) in [4.78, 5) is 0. The number of benzene rings is 3. The van der Waals surface area contributed by atoms with Crippen molar-refractivity contribution in [2.24, 2.45) is 0 Å². The summed E-state index contributed by atoms with van der Waals surface area (Å²) in [5.41, 5.74) is 1.01. The Labute approximate surface area is 164 Å². The van der Waals surface area contributed by atoms with Gasteiger partial charge in [-0.3, -0.25) is 0 Å². The van der Waals surface area contributed by atoms with Crippen LogP contribution in [-0.2, 0) is 0 Å². The summed E-state index contributed by atoms with van der Waals surface area (Å²) in [6.07, 6.45) is 0. The smallest absolute Gasteiger partial charge is 0.137 e. The number of ether oxygens (including phenoxy) is 3. The van der Waals surface area contributed by atoms with Crippen molar-refractivity contribution in [3.63, 3.8) is 0 Å². The second-order valence-corrected chi connectivity index (χ2v) is 6.15. The number of halogens is 1. The van der Waals surface area contributed by atoms with Crippen LogP contribution in [0.2, 0.25) is 5.02 Å². The largest absolute Gasteiger partial charge is 0.490 e. The molecular weight excluding hydrogens is 362 g/mol. The van der Waals surface area contributed by atoms with Crippen molar-refractivity contribution >= 4 is 17.3 Å². The summed E-state index contributed by atoms with van der Waals surface area (Å²) < 4.78 is 16.9. The molecule has 1 N–H and O–H groups in total. The fourth-order valence-corrected chi connectivity index (χ4v) is 2.61. The van der Waals surface area contributed by atoms with Gasteiger partial charge < -0.3 is 19.5 Å². The molecule has 0 aliphatic heterocycles. The lowest BCUT2D eigenvalue weighted by atomic mass is 10.3. The summed E-state index contributed by atoms with van der Waals surface area (Å²) >= 11 is 6.06. The van der Waals surface area contributed by atoms with Crippen molar-refractivity contribution in [1.82, 2.24) is 0 Å². The van der Waals surface area contributed by atoms with Gasteiger partial charge in [-0.25, -0.2) is 0 Å². The van der Waals surface area contributed by atoms with Crippen molar-refractivity contribution in [1.29, 1.82) is 0 Å². The van der Waals surface area contributed by atoms with E-state index in [2.05, 4.69) is 5.32 Å². The molecule has 3 rings (SSSR count). The molecule has 0 aliphatic rings. The van der Waals surface area contributed by atoms with Gasteiger partial charge in [-0.15, -0.1) is 0 Å². The zero-order valence-corrected chi connectivity index (χ0v) is 15.7. The van der Waals surface area contributed by atoms with Crippen molar-refractivity contribution in [3.8, 4) is 17.2 Å². The van der Waals surface area contributed by atoms with Crippen molar-refractivity contribution in [2.45, 2.75) is 0 Å². The quantitative estimate of drug-likeness (QED) is 0.483. The standard InChI is InChI=1S/C22H22ClNO3/c23-21-8-4-5-9-22(21)27-15-14-24-18-10-12-20(13-11-18)26-17-16-25-19-6-2-1-3-7-19/h1-13,24H,14-17H2. The van der Waals surface area contributed by atoms with Crippen LogP contribution in [0.5, 0.6) is 17.2 Å². The Morgan fingerprint density at radius 1 is 0.630 bits per heavy atom.